The average Bonchev–Trinajstić information content (AvgIpc) is 2.76. The molecular formula is C8H10N4OS. The molecular weight excluding hydrogens is 200 g/mol. The molecule has 0 aliphatic heterocycles. The van der Waals surface area contributed by atoms with Crippen LogP contribution >= 0.6 is 11.3 Å². The third-order valence-corrected chi connectivity index (χ3v) is 2.67. The van der Waals surface area contributed by atoms with Crippen molar-refractivity contribution < 1.29 is 5.11 Å². The molecule has 0 aromatic carbocycles. The quantitative estimate of drug-likeness (QED) is 0.780. The maximum Gasteiger partial charge on any atom is 0.176 e. The van der Waals surface area contributed by atoms with Gasteiger partial charge >= 0.3 is 0 Å². The van der Waals surface area contributed by atoms with Crippen molar-refractivity contribution in [2.45, 2.75) is 20.0 Å². The van der Waals surface area contributed by atoms with Crippen LogP contribution in [-0.2, 0) is 13.0 Å². The van der Waals surface area contributed by atoms with E-state index in [4.69, 9.17) is 5.11 Å². The van der Waals surface area contributed by atoms with Gasteiger partial charge in [0.15, 0.2) is 5.82 Å². The first-order chi connectivity index (χ1) is 6.78. The van der Waals surface area contributed by atoms with Gasteiger partial charge in [-0.15, -0.1) is 11.3 Å². The molecule has 0 fully saturated rings. The Kier molecular flexibility index (Phi) is 2.55. The molecule has 14 heavy (non-hydrogen) atoms. The van der Waals surface area contributed by atoms with Crippen molar-refractivity contribution in [1.82, 2.24) is 20.2 Å². The molecule has 6 heteroatoms. The molecule has 2 heterocycles. The lowest BCUT2D eigenvalue weighted by molar-refractivity contribution is 0.272. The predicted octanol–water partition coefficient (Wildman–Crippen LogP) is 0.653. The molecule has 0 aliphatic carbocycles. The average molecular weight is 210 g/mol. The van der Waals surface area contributed by atoms with Gasteiger partial charge in [0, 0.05) is 11.1 Å². The summed E-state index contributed by atoms with van der Waals surface area (Å²) in [6.07, 6.45) is 0.644. The third kappa shape index (κ3) is 1.97. The van der Waals surface area contributed by atoms with Gasteiger partial charge < -0.3 is 5.11 Å². The van der Waals surface area contributed by atoms with Crippen molar-refractivity contribution in [2.75, 3.05) is 0 Å². The molecule has 0 saturated carbocycles. The lowest BCUT2D eigenvalue weighted by Crippen LogP contribution is -1.91. The lowest BCUT2D eigenvalue weighted by atomic mass is 10.4. The van der Waals surface area contributed by atoms with E-state index in [2.05, 4.69) is 20.2 Å². The van der Waals surface area contributed by atoms with Crippen molar-refractivity contribution in [1.29, 1.82) is 0 Å². The Morgan fingerprint density at radius 3 is 2.93 bits per heavy atom. The van der Waals surface area contributed by atoms with Crippen molar-refractivity contribution in [2.24, 2.45) is 0 Å². The summed E-state index contributed by atoms with van der Waals surface area (Å²) in [6, 6.07) is 0. The second-order valence-electron chi connectivity index (χ2n) is 2.92. The second-order valence-corrected chi connectivity index (χ2v) is 3.86. The Bertz CT molecular complexity index is 422. The molecule has 0 atom stereocenters. The molecule has 0 amide bonds. The van der Waals surface area contributed by atoms with Crippen LogP contribution in [0.2, 0.25) is 0 Å². The number of nitrogens with zero attached hydrogens (tertiary/aromatic N) is 3. The summed E-state index contributed by atoms with van der Waals surface area (Å²) in [5, 5.41) is 18.4. The van der Waals surface area contributed by atoms with E-state index in [9.17, 15) is 0 Å². The molecule has 2 N–H and O–H groups in total. The molecule has 0 aliphatic rings. The van der Waals surface area contributed by atoms with Gasteiger partial charge in [-0.1, -0.05) is 0 Å². The molecule has 5 nitrogen and oxygen atoms in total. The van der Waals surface area contributed by atoms with Crippen LogP contribution in [0.3, 0.4) is 0 Å². The van der Waals surface area contributed by atoms with Crippen LogP contribution in [0.4, 0.5) is 0 Å². The van der Waals surface area contributed by atoms with E-state index in [0.717, 1.165) is 16.5 Å². The fourth-order valence-electron chi connectivity index (χ4n) is 1.11. The van der Waals surface area contributed by atoms with Gasteiger partial charge in [-0.05, 0) is 6.92 Å². The Morgan fingerprint density at radius 2 is 2.36 bits per heavy atom. The van der Waals surface area contributed by atoms with Crippen LogP contribution in [0.15, 0.2) is 5.38 Å². The molecule has 2 aromatic heterocycles. The largest absolute Gasteiger partial charge is 0.388 e. The van der Waals surface area contributed by atoms with Crippen LogP contribution in [-0.4, -0.2) is 25.3 Å². The van der Waals surface area contributed by atoms with Gasteiger partial charge in [-0.2, -0.15) is 5.10 Å². The van der Waals surface area contributed by atoms with E-state index in [-0.39, 0.29) is 6.61 Å². The normalized spacial score (nSPS) is 10.7. The van der Waals surface area contributed by atoms with Crippen molar-refractivity contribution in [3.8, 4) is 0 Å². The summed E-state index contributed by atoms with van der Waals surface area (Å²) in [4.78, 5) is 8.39. The van der Waals surface area contributed by atoms with Crippen LogP contribution in [0.1, 0.15) is 22.4 Å². The van der Waals surface area contributed by atoms with E-state index in [1.165, 1.54) is 0 Å². The minimum atomic E-state index is -0.132. The molecule has 0 spiro atoms. The second kappa shape index (κ2) is 3.85. The Labute approximate surface area is 84.9 Å². The monoisotopic (exact) mass is 210 g/mol. The maximum atomic E-state index is 8.76. The van der Waals surface area contributed by atoms with Gasteiger partial charge in [0.2, 0.25) is 0 Å². The van der Waals surface area contributed by atoms with Gasteiger partial charge in [0.1, 0.15) is 17.4 Å². The minimum Gasteiger partial charge on any atom is -0.388 e. The highest BCUT2D eigenvalue weighted by Gasteiger charge is 2.05. The minimum absolute atomic E-state index is 0.132. The maximum absolute atomic E-state index is 8.76. The number of aromatic amines is 1. The Morgan fingerprint density at radius 1 is 1.50 bits per heavy atom. The van der Waals surface area contributed by atoms with Crippen LogP contribution in [0.25, 0.3) is 0 Å². The Balaban J connectivity index is 2.10. The molecule has 74 valence electrons. The first-order valence-electron chi connectivity index (χ1n) is 4.20. The first-order valence-corrected chi connectivity index (χ1v) is 5.08. The van der Waals surface area contributed by atoms with Gasteiger partial charge in [-0.25, -0.2) is 9.97 Å². The summed E-state index contributed by atoms with van der Waals surface area (Å²) in [5.41, 5.74) is 1.02. The highest BCUT2D eigenvalue weighted by molar-refractivity contribution is 7.09. The number of hydrogen-bond acceptors (Lipinski definition) is 5. The summed E-state index contributed by atoms with van der Waals surface area (Å²) in [5.74, 6) is 1.16. The van der Waals surface area contributed by atoms with Crippen LogP contribution in [0, 0.1) is 6.92 Å². The number of aliphatic hydroxyl groups is 1. The molecule has 2 rings (SSSR count). The zero-order valence-corrected chi connectivity index (χ0v) is 8.51. The zero-order chi connectivity index (χ0) is 9.97. The van der Waals surface area contributed by atoms with Crippen molar-refractivity contribution in [3.63, 3.8) is 0 Å². The summed E-state index contributed by atoms with van der Waals surface area (Å²) >= 11 is 1.60. The van der Waals surface area contributed by atoms with E-state index in [1.54, 1.807) is 11.3 Å². The lowest BCUT2D eigenvalue weighted by Gasteiger charge is -1.88. The smallest absolute Gasteiger partial charge is 0.176 e. The number of thiazole rings is 1. The topological polar surface area (TPSA) is 74.7 Å². The fourth-order valence-corrected chi connectivity index (χ4v) is 1.89. The highest BCUT2D eigenvalue weighted by atomic mass is 32.1. The number of rotatable bonds is 3. The van der Waals surface area contributed by atoms with E-state index in [1.807, 2.05) is 12.3 Å². The number of aryl methyl sites for hydroxylation is 1. The number of aliphatic hydroxyl groups excluding tert-OH is 1. The summed E-state index contributed by atoms with van der Waals surface area (Å²) in [7, 11) is 0. The van der Waals surface area contributed by atoms with Crippen LogP contribution in [0.5, 0.6) is 0 Å². The van der Waals surface area contributed by atoms with Crippen molar-refractivity contribution in [3.05, 3.63) is 27.7 Å². The SMILES string of the molecule is Cc1csc(Cc2nc(CO)n[nH]2)n1. The number of hydrogen-bond donors (Lipinski definition) is 2. The highest BCUT2D eigenvalue weighted by Crippen LogP contribution is 2.11. The summed E-state index contributed by atoms with van der Waals surface area (Å²) in [6.45, 7) is 1.83. The molecule has 0 unspecified atom stereocenters. The van der Waals surface area contributed by atoms with Gasteiger partial charge in [-0.3, -0.25) is 5.10 Å². The fraction of sp³-hybridized carbons (Fsp3) is 0.375. The summed E-state index contributed by atoms with van der Waals surface area (Å²) < 4.78 is 0. The molecule has 2 aromatic rings. The molecule has 0 radical (unpaired) electrons. The number of H-pyrrole nitrogens is 1. The van der Waals surface area contributed by atoms with Crippen molar-refractivity contribution >= 4 is 11.3 Å². The van der Waals surface area contributed by atoms with Gasteiger partial charge in [0.05, 0.1) is 6.42 Å². The third-order valence-electron chi connectivity index (χ3n) is 1.70. The predicted molar refractivity (Wildman–Crippen MR) is 52.0 cm³/mol. The van der Waals surface area contributed by atoms with E-state index >= 15 is 0 Å². The first kappa shape index (κ1) is 9.29. The van der Waals surface area contributed by atoms with E-state index < -0.39 is 0 Å². The number of nitrogens with one attached hydrogen (secondary N) is 1. The number of aromatic nitrogens is 4. The zero-order valence-electron chi connectivity index (χ0n) is 7.69. The van der Waals surface area contributed by atoms with E-state index in [0.29, 0.717) is 12.2 Å². The Hall–Kier alpha value is -1.27. The molecule has 0 saturated heterocycles. The van der Waals surface area contributed by atoms with Gasteiger partial charge in [0.25, 0.3) is 0 Å². The standard InChI is InChI=1S/C8H10N4OS/c1-5-4-14-8(9-5)2-6-10-7(3-13)12-11-6/h4,13H,2-3H2,1H3,(H,10,11,12). The molecule has 0 bridgehead atoms. The van der Waals surface area contributed by atoms with Crippen LogP contribution < -0.4 is 0 Å².